The molecule has 0 atom stereocenters. The Balaban J connectivity index is 1.53. The molecule has 1 spiro atoms. The molecule has 0 radical (unpaired) electrons. The number of benzene rings is 1. The Morgan fingerprint density at radius 3 is 2.42 bits per heavy atom. The molecule has 3 fully saturated rings. The van der Waals surface area contributed by atoms with E-state index in [-0.39, 0.29) is 42.7 Å². The van der Waals surface area contributed by atoms with Crippen molar-refractivity contribution in [3.05, 3.63) is 35.9 Å². The summed E-state index contributed by atoms with van der Waals surface area (Å²) in [5, 5.41) is 11.6. The summed E-state index contributed by atoms with van der Waals surface area (Å²) in [6.07, 6.45) is 6.25. The van der Waals surface area contributed by atoms with Gasteiger partial charge in [0.25, 0.3) is 0 Å². The third-order valence-corrected chi connectivity index (χ3v) is 7.64. The summed E-state index contributed by atoms with van der Waals surface area (Å²) in [5.41, 5.74) is 1.13. The number of aliphatic hydroxyl groups excluding tert-OH is 1. The summed E-state index contributed by atoms with van der Waals surface area (Å²) < 4.78 is 0. The lowest BCUT2D eigenvalue weighted by Gasteiger charge is -2.51. The van der Waals surface area contributed by atoms with Crippen LogP contribution in [0.3, 0.4) is 0 Å². The van der Waals surface area contributed by atoms with E-state index in [1.807, 2.05) is 0 Å². The van der Waals surface area contributed by atoms with Crippen molar-refractivity contribution in [2.75, 3.05) is 46.9 Å². The zero-order valence-electron chi connectivity index (χ0n) is 18.8. The lowest BCUT2D eigenvalue weighted by molar-refractivity contribution is -0.121. The topological polar surface area (TPSA) is 76.1 Å². The normalized spacial score (nSPS) is 28.6. The molecule has 3 amide bonds. The predicted molar refractivity (Wildman–Crippen MR) is 120 cm³/mol. The van der Waals surface area contributed by atoms with Crippen LogP contribution >= 0.6 is 0 Å². The highest BCUT2D eigenvalue weighted by atomic mass is 16.3. The minimum atomic E-state index is -0.200. The zero-order chi connectivity index (χ0) is 22.1. The minimum Gasteiger partial charge on any atom is -0.395 e. The fourth-order valence-electron chi connectivity index (χ4n) is 5.56. The first kappa shape index (κ1) is 22.1. The average Bonchev–Trinajstić information content (AvgIpc) is 3.56. The Hall–Kier alpha value is -2.12. The van der Waals surface area contributed by atoms with Gasteiger partial charge in [0.15, 0.2) is 0 Å². The third-order valence-electron chi connectivity index (χ3n) is 7.64. The van der Waals surface area contributed by atoms with E-state index in [1.54, 1.807) is 4.90 Å². The van der Waals surface area contributed by atoms with Crippen LogP contribution in [0.25, 0.3) is 0 Å². The molecule has 1 aliphatic heterocycles. The number of aliphatic hydroxyl groups is 1. The van der Waals surface area contributed by atoms with Gasteiger partial charge >= 0.3 is 6.03 Å². The maximum Gasteiger partial charge on any atom is 0.321 e. The van der Waals surface area contributed by atoms with Crippen molar-refractivity contribution >= 4 is 11.9 Å². The standard InChI is InChI=1S/C24H36N4O3/c1-26(2)24(20-6-4-3-5-7-20)12-10-23(11-13-24)18-27(17-21(30)25-14-15-29)22(31)28(23)16-19-8-9-19/h3-7,19,29H,8-18H2,1-2H3,(H,25,30)/t23-,24+. The van der Waals surface area contributed by atoms with Crippen LogP contribution < -0.4 is 5.32 Å². The van der Waals surface area contributed by atoms with E-state index in [0.29, 0.717) is 12.5 Å². The summed E-state index contributed by atoms with van der Waals surface area (Å²) in [6, 6.07) is 10.7. The van der Waals surface area contributed by atoms with Crippen LogP contribution in [-0.2, 0) is 10.3 Å². The molecule has 0 aromatic heterocycles. The fourth-order valence-corrected chi connectivity index (χ4v) is 5.56. The lowest BCUT2D eigenvalue weighted by atomic mass is 9.68. The van der Waals surface area contributed by atoms with E-state index in [4.69, 9.17) is 5.11 Å². The Labute approximate surface area is 185 Å². The number of nitrogens with one attached hydrogen (secondary N) is 1. The summed E-state index contributed by atoms with van der Waals surface area (Å²) in [6.45, 7) is 1.63. The van der Waals surface area contributed by atoms with Gasteiger partial charge in [-0.15, -0.1) is 0 Å². The van der Waals surface area contributed by atoms with E-state index in [1.165, 1.54) is 18.4 Å². The van der Waals surface area contributed by atoms with Crippen LogP contribution in [0.15, 0.2) is 30.3 Å². The molecule has 170 valence electrons. The highest BCUT2D eigenvalue weighted by Gasteiger charge is 2.55. The van der Waals surface area contributed by atoms with Crippen LogP contribution in [0.4, 0.5) is 4.79 Å². The number of rotatable bonds is 8. The van der Waals surface area contributed by atoms with Crippen molar-refractivity contribution in [1.82, 2.24) is 20.0 Å². The maximum atomic E-state index is 13.3. The molecule has 2 aliphatic carbocycles. The number of carbonyl (C=O) groups is 2. The smallest absolute Gasteiger partial charge is 0.321 e. The predicted octanol–water partition coefficient (Wildman–Crippen LogP) is 2.01. The molecular formula is C24H36N4O3. The molecule has 1 saturated heterocycles. The van der Waals surface area contributed by atoms with Gasteiger partial charge in [-0.05, 0) is 64.1 Å². The molecule has 4 rings (SSSR count). The van der Waals surface area contributed by atoms with E-state index in [0.717, 1.165) is 32.2 Å². The first-order valence-electron chi connectivity index (χ1n) is 11.6. The van der Waals surface area contributed by atoms with Gasteiger partial charge in [0.1, 0.15) is 6.54 Å². The fraction of sp³-hybridized carbons (Fsp3) is 0.667. The molecule has 7 heteroatoms. The number of hydrogen-bond donors (Lipinski definition) is 2. The van der Waals surface area contributed by atoms with E-state index < -0.39 is 0 Å². The second-order valence-corrected chi connectivity index (χ2v) is 9.78. The van der Waals surface area contributed by atoms with Gasteiger partial charge in [0.2, 0.25) is 5.91 Å². The molecule has 2 N–H and O–H groups in total. The van der Waals surface area contributed by atoms with Crippen LogP contribution in [-0.4, -0.2) is 84.2 Å². The molecule has 0 bridgehead atoms. The van der Waals surface area contributed by atoms with E-state index >= 15 is 0 Å². The summed E-state index contributed by atoms with van der Waals surface area (Å²) in [4.78, 5) is 31.8. The number of urea groups is 1. The van der Waals surface area contributed by atoms with Crippen molar-refractivity contribution in [1.29, 1.82) is 0 Å². The molecule has 0 unspecified atom stereocenters. The van der Waals surface area contributed by atoms with Crippen molar-refractivity contribution in [3.8, 4) is 0 Å². The highest BCUT2D eigenvalue weighted by molar-refractivity contribution is 5.86. The van der Waals surface area contributed by atoms with Crippen LogP contribution in [0.1, 0.15) is 44.1 Å². The van der Waals surface area contributed by atoms with Crippen LogP contribution in [0, 0.1) is 5.92 Å². The molecule has 3 aliphatic rings. The summed E-state index contributed by atoms with van der Waals surface area (Å²) >= 11 is 0. The van der Waals surface area contributed by atoms with E-state index in [2.05, 4.69) is 59.5 Å². The van der Waals surface area contributed by atoms with Crippen molar-refractivity contribution in [3.63, 3.8) is 0 Å². The van der Waals surface area contributed by atoms with Gasteiger partial charge in [-0.1, -0.05) is 30.3 Å². The first-order chi connectivity index (χ1) is 14.9. The van der Waals surface area contributed by atoms with Gasteiger partial charge in [0, 0.05) is 25.2 Å². The van der Waals surface area contributed by atoms with Gasteiger partial charge in [0.05, 0.1) is 12.1 Å². The molecule has 1 aromatic carbocycles. The largest absolute Gasteiger partial charge is 0.395 e. The Kier molecular flexibility index (Phi) is 6.26. The molecule has 7 nitrogen and oxygen atoms in total. The quantitative estimate of drug-likeness (QED) is 0.664. The Bertz CT molecular complexity index is 785. The Morgan fingerprint density at radius 2 is 1.84 bits per heavy atom. The minimum absolute atomic E-state index is 0.00288. The molecular weight excluding hydrogens is 392 g/mol. The lowest BCUT2D eigenvalue weighted by Crippen LogP contribution is -2.55. The monoisotopic (exact) mass is 428 g/mol. The highest BCUT2D eigenvalue weighted by Crippen LogP contribution is 2.49. The molecule has 31 heavy (non-hydrogen) atoms. The van der Waals surface area contributed by atoms with Crippen LogP contribution in [0.2, 0.25) is 0 Å². The van der Waals surface area contributed by atoms with E-state index in [9.17, 15) is 9.59 Å². The summed E-state index contributed by atoms with van der Waals surface area (Å²) in [5.74, 6) is 0.409. The summed E-state index contributed by atoms with van der Waals surface area (Å²) in [7, 11) is 4.31. The number of nitrogens with zero attached hydrogens (tertiary/aromatic N) is 3. The van der Waals surface area contributed by atoms with Crippen molar-refractivity contribution < 1.29 is 14.7 Å². The van der Waals surface area contributed by atoms with Crippen molar-refractivity contribution in [2.45, 2.75) is 49.6 Å². The second-order valence-electron chi connectivity index (χ2n) is 9.78. The first-order valence-corrected chi connectivity index (χ1v) is 11.6. The second kappa shape index (κ2) is 8.79. The van der Waals surface area contributed by atoms with Gasteiger partial charge in [-0.25, -0.2) is 4.79 Å². The van der Waals surface area contributed by atoms with Gasteiger partial charge in [-0.2, -0.15) is 0 Å². The molecule has 2 saturated carbocycles. The Morgan fingerprint density at radius 1 is 1.16 bits per heavy atom. The van der Waals surface area contributed by atoms with Crippen LogP contribution in [0.5, 0.6) is 0 Å². The third kappa shape index (κ3) is 4.30. The SMILES string of the molecule is CN(C)[C@]1(c2ccccc2)CC[C@]2(CC1)CN(CC(=O)NCCO)C(=O)N2CC1CC1. The average molecular weight is 429 g/mol. The molecule has 1 heterocycles. The van der Waals surface area contributed by atoms with Gasteiger partial charge < -0.3 is 20.2 Å². The van der Waals surface area contributed by atoms with Gasteiger partial charge in [-0.3, -0.25) is 9.69 Å². The maximum absolute atomic E-state index is 13.3. The zero-order valence-corrected chi connectivity index (χ0v) is 18.8. The molecule has 1 aromatic rings. The number of carbonyl (C=O) groups excluding carboxylic acids is 2. The number of amides is 3. The number of hydrogen-bond acceptors (Lipinski definition) is 4. The van der Waals surface area contributed by atoms with Crippen molar-refractivity contribution in [2.24, 2.45) is 5.92 Å².